The average Bonchev–Trinajstić information content (AvgIpc) is 2.28. The van der Waals surface area contributed by atoms with Crippen LogP contribution in [0.2, 0.25) is 0 Å². The number of nitrogens with zero attached hydrogens (tertiary/aromatic N) is 1. The van der Waals surface area contributed by atoms with Crippen LogP contribution in [-0.2, 0) is 4.74 Å². The van der Waals surface area contributed by atoms with Crippen LogP contribution in [0, 0.1) is 6.92 Å². The average molecular weight is 208 g/mol. The zero-order valence-corrected chi connectivity index (χ0v) is 8.90. The van der Waals surface area contributed by atoms with Gasteiger partial charge in [0.1, 0.15) is 12.7 Å². The van der Waals surface area contributed by atoms with Gasteiger partial charge in [-0.1, -0.05) is 6.07 Å². The lowest BCUT2D eigenvalue weighted by Gasteiger charge is -2.23. The van der Waals surface area contributed by atoms with Gasteiger partial charge in [-0.05, 0) is 13.0 Å². The second kappa shape index (κ2) is 5.09. The van der Waals surface area contributed by atoms with Crippen LogP contribution in [0.5, 0.6) is 5.88 Å². The van der Waals surface area contributed by atoms with Gasteiger partial charge in [-0.2, -0.15) is 0 Å². The molecule has 82 valence electrons. The molecule has 1 saturated heterocycles. The van der Waals surface area contributed by atoms with E-state index in [1.165, 1.54) is 0 Å². The Bertz CT molecular complexity index is 311. The number of rotatable bonds is 3. The molecule has 4 heteroatoms. The van der Waals surface area contributed by atoms with Crippen molar-refractivity contribution in [2.45, 2.75) is 13.0 Å². The van der Waals surface area contributed by atoms with Gasteiger partial charge in [-0.25, -0.2) is 4.98 Å². The van der Waals surface area contributed by atoms with E-state index in [4.69, 9.17) is 9.47 Å². The van der Waals surface area contributed by atoms with E-state index in [9.17, 15) is 0 Å². The molecular formula is C11H16N2O2. The zero-order chi connectivity index (χ0) is 10.5. The molecule has 2 rings (SSSR count). The van der Waals surface area contributed by atoms with Crippen molar-refractivity contribution in [3.63, 3.8) is 0 Å². The molecule has 1 atom stereocenters. The van der Waals surface area contributed by atoms with Crippen molar-refractivity contribution in [1.29, 1.82) is 0 Å². The van der Waals surface area contributed by atoms with E-state index in [2.05, 4.69) is 10.3 Å². The lowest BCUT2D eigenvalue weighted by molar-refractivity contribution is -0.000767. The Morgan fingerprint density at radius 3 is 3.27 bits per heavy atom. The van der Waals surface area contributed by atoms with Crippen LogP contribution < -0.4 is 10.1 Å². The van der Waals surface area contributed by atoms with Gasteiger partial charge < -0.3 is 14.8 Å². The first-order chi connectivity index (χ1) is 7.34. The van der Waals surface area contributed by atoms with E-state index in [0.717, 1.165) is 25.4 Å². The summed E-state index contributed by atoms with van der Waals surface area (Å²) >= 11 is 0. The minimum Gasteiger partial charge on any atom is -0.475 e. The maximum absolute atomic E-state index is 5.55. The summed E-state index contributed by atoms with van der Waals surface area (Å²) in [7, 11) is 0. The third kappa shape index (κ3) is 3.18. The molecule has 0 saturated carbocycles. The molecule has 0 aliphatic carbocycles. The summed E-state index contributed by atoms with van der Waals surface area (Å²) in [5.41, 5.74) is 0.968. The predicted molar refractivity (Wildman–Crippen MR) is 57.1 cm³/mol. The van der Waals surface area contributed by atoms with Gasteiger partial charge in [0.15, 0.2) is 0 Å². The fourth-order valence-electron chi connectivity index (χ4n) is 1.50. The Kier molecular flexibility index (Phi) is 3.53. The van der Waals surface area contributed by atoms with Crippen LogP contribution in [0.1, 0.15) is 5.69 Å². The molecule has 1 aromatic heterocycles. The van der Waals surface area contributed by atoms with E-state index in [1.54, 1.807) is 0 Å². The summed E-state index contributed by atoms with van der Waals surface area (Å²) in [6.45, 7) is 5.05. The number of hydrogen-bond acceptors (Lipinski definition) is 4. The summed E-state index contributed by atoms with van der Waals surface area (Å²) < 4.78 is 11.1. The van der Waals surface area contributed by atoms with E-state index < -0.39 is 0 Å². The Hall–Kier alpha value is -1.13. The summed E-state index contributed by atoms with van der Waals surface area (Å²) in [5.74, 6) is 0.671. The largest absolute Gasteiger partial charge is 0.475 e. The standard InChI is InChI=1S/C11H16N2O2/c1-9-3-2-4-11(13-9)15-8-10-7-12-5-6-14-10/h2-4,10,12H,5-8H2,1H3. The minimum absolute atomic E-state index is 0.140. The Labute approximate surface area is 89.6 Å². The Morgan fingerprint density at radius 1 is 1.60 bits per heavy atom. The highest BCUT2D eigenvalue weighted by Gasteiger charge is 2.13. The Balaban J connectivity index is 1.81. The van der Waals surface area contributed by atoms with Crippen LogP contribution in [0.4, 0.5) is 0 Å². The molecule has 0 aromatic carbocycles. The van der Waals surface area contributed by atoms with Crippen molar-refractivity contribution in [3.05, 3.63) is 23.9 Å². The highest BCUT2D eigenvalue weighted by molar-refractivity contribution is 5.14. The Morgan fingerprint density at radius 2 is 2.53 bits per heavy atom. The molecule has 1 aromatic rings. The summed E-state index contributed by atoms with van der Waals surface area (Å²) in [6, 6.07) is 5.76. The maximum Gasteiger partial charge on any atom is 0.213 e. The van der Waals surface area contributed by atoms with Crippen molar-refractivity contribution < 1.29 is 9.47 Å². The highest BCUT2D eigenvalue weighted by atomic mass is 16.5. The lowest BCUT2D eigenvalue weighted by Crippen LogP contribution is -2.41. The molecule has 1 N–H and O–H groups in total. The van der Waals surface area contributed by atoms with Gasteiger partial charge in [0.2, 0.25) is 5.88 Å². The first-order valence-corrected chi connectivity index (χ1v) is 5.23. The molecule has 15 heavy (non-hydrogen) atoms. The molecule has 0 spiro atoms. The maximum atomic E-state index is 5.55. The second-order valence-electron chi connectivity index (χ2n) is 3.63. The monoisotopic (exact) mass is 208 g/mol. The van der Waals surface area contributed by atoms with Gasteiger partial charge in [0, 0.05) is 24.8 Å². The van der Waals surface area contributed by atoms with Crippen LogP contribution in [0.25, 0.3) is 0 Å². The van der Waals surface area contributed by atoms with Crippen molar-refractivity contribution in [1.82, 2.24) is 10.3 Å². The third-order valence-electron chi connectivity index (χ3n) is 2.28. The molecule has 1 fully saturated rings. The summed E-state index contributed by atoms with van der Waals surface area (Å²) in [4.78, 5) is 4.26. The normalized spacial score (nSPS) is 21.3. The van der Waals surface area contributed by atoms with Gasteiger partial charge in [0.05, 0.1) is 6.61 Å². The van der Waals surface area contributed by atoms with E-state index in [1.807, 2.05) is 25.1 Å². The van der Waals surface area contributed by atoms with Crippen LogP contribution >= 0.6 is 0 Å². The quantitative estimate of drug-likeness (QED) is 0.796. The van der Waals surface area contributed by atoms with E-state index in [-0.39, 0.29) is 6.10 Å². The highest BCUT2D eigenvalue weighted by Crippen LogP contribution is 2.08. The second-order valence-corrected chi connectivity index (χ2v) is 3.63. The molecule has 0 bridgehead atoms. The van der Waals surface area contributed by atoms with Gasteiger partial charge >= 0.3 is 0 Å². The van der Waals surface area contributed by atoms with Gasteiger partial charge in [-0.15, -0.1) is 0 Å². The fourth-order valence-corrected chi connectivity index (χ4v) is 1.50. The van der Waals surface area contributed by atoms with Crippen molar-refractivity contribution in [3.8, 4) is 5.88 Å². The summed E-state index contributed by atoms with van der Waals surface area (Å²) in [6.07, 6.45) is 0.140. The van der Waals surface area contributed by atoms with Crippen LogP contribution in [-0.4, -0.2) is 37.4 Å². The topological polar surface area (TPSA) is 43.4 Å². The number of ether oxygens (including phenoxy) is 2. The predicted octanol–water partition coefficient (Wildman–Crippen LogP) is 0.757. The first-order valence-electron chi connectivity index (χ1n) is 5.23. The molecule has 2 heterocycles. The molecule has 4 nitrogen and oxygen atoms in total. The SMILES string of the molecule is Cc1cccc(OCC2CNCCO2)n1. The number of hydrogen-bond donors (Lipinski definition) is 1. The molecule has 1 aliphatic heterocycles. The molecule has 0 radical (unpaired) electrons. The molecular weight excluding hydrogens is 192 g/mol. The smallest absolute Gasteiger partial charge is 0.213 e. The van der Waals surface area contributed by atoms with Crippen molar-refractivity contribution >= 4 is 0 Å². The lowest BCUT2D eigenvalue weighted by atomic mass is 10.3. The third-order valence-corrected chi connectivity index (χ3v) is 2.28. The van der Waals surface area contributed by atoms with Gasteiger partial charge in [-0.3, -0.25) is 0 Å². The molecule has 0 amide bonds. The number of aryl methyl sites for hydroxylation is 1. The van der Waals surface area contributed by atoms with Crippen LogP contribution in [0.3, 0.4) is 0 Å². The number of nitrogens with one attached hydrogen (secondary N) is 1. The minimum atomic E-state index is 0.140. The summed E-state index contributed by atoms with van der Waals surface area (Å²) in [5, 5.41) is 3.26. The van der Waals surface area contributed by atoms with Crippen LogP contribution in [0.15, 0.2) is 18.2 Å². The molecule has 1 unspecified atom stereocenters. The van der Waals surface area contributed by atoms with Crippen molar-refractivity contribution in [2.75, 3.05) is 26.3 Å². The number of pyridine rings is 1. The number of morpholine rings is 1. The van der Waals surface area contributed by atoms with E-state index >= 15 is 0 Å². The van der Waals surface area contributed by atoms with Crippen molar-refractivity contribution in [2.24, 2.45) is 0 Å². The van der Waals surface area contributed by atoms with Gasteiger partial charge in [0.25, 0.3) is 0 Å². The zero-order valence-electron chi connectivity index (χ0n) is 8.90. The number of aromatic nitrogens is 1. The first kappa shape index (κ1) is 10.4. The fraction of sp³-hybridized carbons (Fsp3) is 0.545. The van der Waals surface area contributed by atoms with E-state index in [0.29, 0.717) is 12.5 Å². The molecule has 1 aliphatic rings.